The number of hydrogen-bond donors (Lipinski definition) is 0. The monoisotopic (exact) mass is 309 g/mol. The number of likely N-dealkylation sites (N-methyl/N-ethyl adjacent to an activating group) is 1. The zero-order chi connectivity index (χ0) is 15.6. The largest absolute Gasteiger partial charge is 0.467 e. The average Bonchev–Trinajstić information content (AvgIpc) is 2.81. The molecule has 0 aliphatic carbocycles. The van der Waals surface area contributed by atoms with Crippen LogP contribution >= 0.6 is 11.8 Å². The number of aliphatic imine (C=N–C) groups is 1. The Kier molecular flexibility index (Phi) is 4.46. The number of benzene rings is 1. The van der Waals surface area contributed by atoms with E-state index in [4.69, 9.17) is 4.74 Å². The van der Waals surface area contributed by atoms with Crippen molar-refractivity contribution in [1.29, 1.82) is 0 Å². The molecule has 0 amide bonds. The minimum atomic E-state index is -0.437. The second-order valence-corrected chi connectivity index (χ2v) is 5.57. The van der Waals surface area contributed by atoms with Crippen LogP contribution in [0.15, 0.2) is 23.2 Å². The van der Waals surface area contributed by atoms with E-state index < -0.39 is 4.92 Å². The quantitative estimate of drug-likeness (QED) is 0.483. The van der Waals surface area contributed by atoms with Gasteiger partial charge in [-0.05, 0) is 18.6 Å². The first-order valence-electron chi connectivity index (χ1n) is 6.21. The fraction of sp³-hybridized carbons (Fsp3) is 0.385. The summed E-state index contributed by atoms with van der Waals surface area (Å²) in [5, 5.41) is 11.4. The minimum Gasteiger partial charge on any atom is -0.467 e. The van der Waals surface area contributed by atoms with Gasteiger partial charge in [0, 0.05) is 24.9 Å². The molecule has 2 rings (SSSR count). The summed E-state index contributed by atoms with van der Waals surface area (Å²) >= 11 is 1.46. The van der Waals surface area contributed by atoms with Gasteiger partial charge < -0.3 is 9.64 Å². The molecular weight excluding hydrogens is 294 g/mol. The Bertz CT molecular complexity index is 617. The molecule has 0 bridgehead atoms. The van der Waals surface area contributed by atoms with Gasteiger partial charge in [-0.25, -0.2) is 9.79 Å². The molecule has 7 nitrogen and oxygen atoms in total. The molecule has 21 heavy (non-hydrogen) atoms. The lowest BCUT2D eigenvalue weighted by Crippen LogP contribution is -2.37. The second-order valence-electron chi connectivity index (χ2n) is 4.58. The normalized spacial score (nSPS) is 19.9. The molecule has 1 aromatic carbocycles. The molecular formula is C13H15N3O4S. The van der Waals surface area contributed by atoms with Gasteiger partial charge in [-0.3, -0.25) is 10.1 Å². The number of thioether (sulfide) groups is 1. The van der Waals surface area contributed by atoms with Crippen LogP contribution in [0.25, 0.3) is 0 Å². The van der Waals surface area contributed by atoms with Crippen molar-refractivity contribution in [2.75, 3.05) is 19.9 Å². The lowest BCUT2D eigenvalue weighted by Gasteiger charge is -2.18. The van der Waals surface area contributed by atoms with E-state index in [-0.39, 0.29) is 17.7 Å². The van der Waals surface area contributed by atoms with Gasteiger partial charge in [-0.15, -0.1) is 0 Å². The van der Waals surface area contributed by atoms with Gasteiger partial charge in [0.05, 0.1) is 17.7 Å². The van der Waals surface area contributed by atoms with Crippen LogP contribution in [0.3, 0.4) is 0 Å². The molecule has 0 unspecified atom stereocenters. The van der Waals surface area contributed by atoms with E-state index in [0.29, 0.717) is 22.2 Å². The first-order chi connectivity index (χ1) is 9.93. The van der Waals surface area contributed by atoms with E-state index in [1.807, 2.05) is 0 Å². The summed E-state index contributed by atoms with van der Waals surface area (Å²) in [6.07, 6.45) is 0. The number of nitrogens with zero attached hydrogens (tertiary/aromatic N) is 3. The summed E-state index contributed by atoms with van der Waals surface area (Å²) < 4.78 is 4.74. The van der Waals surface area contributed by atoms with Gasteiger partial charge in [0.25, 0.3) is 5.69 Å². The maximum absolute atomic E-state index is 11.6. The van der Waals surface area contributed by atoms with Crippen molar-refractivity contribution in [3.63, 3.8) is 0 Å². The number of rotatable bonds is 3. The highest BCUT2D eigenvalue weighted by atomic mass is 32.2. The Balaban J connectivity index is 2.25. The van der Waals surface area contributed by atoms with E-state index in [2.05, 4.69) is 4.99 Å². The number of methoxy groups -OCH3 is 1. The molecule has 0 spiro atoms. The Morgan fingerprint density at radius 1 is 1.57 bits per heavy atom. The predicted molar refractivity (Wildman–Crippen MR) is 81.0 cm³/mol. The van der Waals surface area contributed by atoms with Gasteiger partial charge in [0.2, 0.25) is 0 Å². The standard InChI is InChI=1S/C13H15N3O4S/c1-8-6-9(16(18)19)4-5-10(8)14-13-15(2)11(7-21-13)12(17)20-3/h4-6,11H,7H2,1-3H3/t11-/m0/s1. The molecule has 0 N–H and O–H groups in total. The summed E-state index contributed by atoms with van der Waals surface area (Å²) in [6, 6.07) is 4.16. The van der Waals surface area contributed by atoms with Crippen molar-refractivity contribution >= 4 is 34.3 Å². The van der Waals surface area contributed by atoms with Gasteiger partial charge >= 0.3 is 5.97 Å². The van der Waals surface area contributed by atoms with Crippen LogP contribution in [0.4, 0.5) is 11.4 Å². The van der Waals surface area contributed by atoms with Crippen LogP contribution < -0.4 is 0 Å². The molecule has 1 atom stereocenters. The van der Waals surface area contributed by atoms with Crippen molar-refractivity contribution in [2.45, 2.75) is 13.0 Å². The van der Waals surface area contributed by atoms with Crippen LogP contribution in [-0.2, 0) is 9.53 Å². The Morgan fingerprint density at radius 3 is 2.86 bits per heavy atom. The predicted octanol–water partition coefficient (Wildman–Crippen LogP) is 2.11. The molecule has 112 valence electrons. The van der Waals surface area contributed by atoms with Gasteiger partial charge in [-0.1, -0.05) is 11.8 Å². The van der Waals surface area contributed by atoms with Crippen LogP contribution in [0.5, 0.6) is 0 Å². The zero-order valence-electron chi connectivity index (χ0n) is 11.9. The number of aryl methyl sites for hydroxylation is 1. The van der Waals surface area contributed by atoms with Crippen molar-refractivity contribution in [3.8, 4) is 0 Å². The van der Waals surface area contributed by atoms with Gasteiger partial charge in [0.1, 0.15) is 6.04 Å². The number of amidine groups is 1. The van der Waals surface area contributed by atoms with Crippen LogP contribution in [-0.4, -0.2) is 46.9 Å². The molecule has 1 fully saturated rings. The highest BCUT2D eigenvalue weighted by Crippen LogP contribution is 2.29. The fourth-order valence-electron chi connectivity index (χ4n) is 1.96. The molecule has 0 aromatic heterocycles. The summed E-state index contributed by atoms with van der Waals surface area (Å²) in [7, 11) is 3.14. The lowest BCUT2D eigenvalue weighted by atomic mass is 10.2. The molecule has 1 aromatic rings. The van der Waals surface area contributed by atoms with E-state index in [0.717, 1.165) is 0 Å². The Hall–Kier alpha value is -2.09. The molecule has 0 saturated carbocycles. The minimum absolute atomic E-state index is 0.0383. The maximum atomic E-state index is 11.6. The number of carbonyl (C=O) groups excluding carboxylic acids is 1. The van der Waals surface area contributed by atoms with Crippen molar-refractivity contribution < 1.29 is 14.5 Å². The molecule has 1 heterocycles. The summed E-state index contributed by atoms with van der Waals surface area (Å²) in [5.74, 6) is 0.282. The Morgan fingerprint density at radius 2 is 2.29 bits per heavy atom. The first kappa shape index (κ1) is 15.3. The molecule has 0 radical (unpaired) electrons. The third-order valence-corrected chi connectivity index (χ3v) is 4.34. The number of hydrogen-bond acceptors (Lipinski definition) is 6. The van der Waals surface area contributed by atoms with E-state index in [9.17, 15) is 14.9 Å². The van der Waals surface area contributed by atoms with E-state index in [1.54, 1.807) is 24.9 Å². The summed E-state index contributed by atoms with van der Waals surface area (Å²) in [4.78, 5) is 28.1. The third kappa shape index (κ3) is 3.15. The SMILES string of the molecule is COC(=O)[C@@H]1CSC(=Nc2ccc([N+](=O)[O-])cc2C)N1C. The number of nitro groups is 1. The van der Waals surface area contributed by atoms with Crippen LogP contribution in [0.2, 0.25) is 0 Å². The van der Waals surface area contributed by atoms with Gasteiger partial charge in [0.15, 0.2) is 5.17 Å². The fourth-order valence-corrected chi connectivity index (χ4v) is 3.12. The first-order valence-corrected chi connectivity index (χ1v) is 7.19. The highest BCUT2D eigenvalue weighted by Gasteiger charge is 2.33. The number of non-ortho nitro benzene ring substituents is 1. The van der Waals surface area contributed by atoms with E-state index in [1.165, 1.54) is 31.0 Å². The summed E-state index contributed by atoms with van der Waals surface area (Å²) in [5.41, 5.74) is 1.41. The van der Waals surface area contributed by atoms with Crippen molar-refractivity contribution in [2.24, 2.45) is 4.99 Å². The average molecular weight is 309 g/mol. The highest BCUT2D eigenvalue weighted by molar-refractivity contribution is 8.14. The zero-order valence-corrected chi connectivity index (χ0v) is 12.7. The number of esters is 1. The molecule has 8 heteroatoms. The Labute approximate surface area is 126 Å². The lowest BCUT2D eigenvalue weighted by molar-refractivity contribution is -0.384. The summed E-state index contributed by atoms with van der Waals surface area (Å²) in [6.45, 7) is 1.77. The van der Waals surface area contributed by atoms with Crippen molar-refractivity contribution in [3.05, 3.63) is 33.9 Å². The van der Waals surface area contributed by atoms with Crippen molar-refractivity contribution in [1.82, 2.24) is 4.90 Å². The van der Waals surface area contributed by atoms with Crippen LogP contribution in [0.1, 0.15) is 5.56 Å². The molecule has 1 aliphatic heterocycles. The number of ether oxygens (including phenoxy) is 1. The van der Waals surface area contributed by atoms with Crippen LogP contribution in [0, 0.1) is 17.0 Å². The maximum Gasteiger partial charge on any atom is 0.329 e. The topological polar surface area (TPSA) is 85.0 Å². The number of carbonyl (C=O) groups is 1. The smallest absolute Gasteiger partial charge is 0.329 e. The van der Waals surface area contributed by atoms with Gasteiger partial charge in [-0.2, -0.15) is 0 Å². The number of nitro benzene ring substituents is 1. The molecule has 1 aliphatic rings. The second kappa shape index (κ2) is 6.13. The van der Waals surface area contributed by atoms with E-state index >= 15 is 0 Å². The third-order valence-electron chi connectivity index (χ3n) is 3.22. The molecule has 1 saturated heterocycles.